The second kappa shape index (κ2) is 14.3. The molecule has 0 aliphatic carbocycles. The highest BCUT2D eigenvalue weighted by atomic mass is 19.1. The average molecular weight is 568 g/mol. The Hall–Kier alpha value is -5.11. The summed E-state index contributed by atoms with van der Waals surface area (Å²) in [6.07, 6.45) is 3.23. The van der Waals surface area contributed by atoms with E-state index >= 15 is 4.39 Å². The van der Waals surface area contributed by atoms with Crippen LogP contribution in [0.15, 0.2) is 59.7 Å². The van der Waals surface area contributed by atoms with E-state index in [4.69, 9.17) is 35.3 Å². The van der Waals surface area contributed by atoms with Crippen molar-refractivity contribution in [1.82, 2.24) is 24.7 Å². The minimum absolute atomic E-state index is 0.0171. The van der Waals surface area contributed by atoms with Crippen molar-refractivity contribution in [3.8, 4) is 17.4 Å². The Morgan fingerprint density at radius 2 is 1.83 bits per heavy atom. The van der Waals surface area contributed by atoms with Crippen molar-refractivity contribution in [2.45, 2.75) is 19.3 Å². The lowest BCUT2D eigenvalue weighted by atomic mass is 9.90. The van der Waals surface area contributed by atoms with Gasteiger partial charge in [-0.1, -0.05) is 24.3 Å². The zero-order valence-electron chi connectivity index (χ0n) is 22.6. The summed E-state index contributed by atoms with van der Waals surface area (Å²) in [6.45, 7) is 1.49. The summed E-state index contributed by atoms with van der Waals surface area (Å²) >= 11 is 0. The lowest BCUT2D eigenvalue weighted by Gasteiger charge is -2.19. The van der Waals surface area contributed by atoms with Gasteiger partial charge in [0, 0.05) is 43.6 Å². The normalized spacial score (nSPS) is 11.2. The SMILES string of the molecule is CC(=O)O.COCCOc1cc(OC)cc(C(Cc2ccc(C(=N)N)cc2)c2nn(-c3ncccn3)c(=O)[nH]2)c1F. The first-order chi connectivity index (χ1) is 19.6. The van der Waals surface area contributed by atoms with Crippen LogP contribution < -0.4 is 20.9 Å². The van der Waals surface area contributed by atoms with Crippen LogP contribution in [0, 0.1) is 11.2 Å². The second-order valence-electron chi connectivity index (χ2n) is 8.53. The van der Waals surface area contributed by atoms with Gasteiger partial charge in [0.05, 0.1) is 19.6 Å². The number of carboxylic acid groups (broad SMARTS) is 1. The number of rotatable bonds is 11. The molecule has 4 aromatic rings. The Bertz CT molecular complexity index is 1520. The highest BCUT2D eigenvalue weighted by Crippen LogP contribution is 2.36. The largest absolute Gasteiger partial charge is 0.497 e. The Morgan fingerprint density at radius 1 is 1.17 bits per heavy atom. The number of amidine groups is 1. The maximum absolute atomic E-state index is 15.8. The number of methoxy groups -OCH3 is 2. The minimum atomic E-state index is -0.833. The number of hydrogen-bond donors (Lipinski definition) is 4. The van der Waals surface area contributed by atoms with Gasteiger partial charge in [0.15, 0.2) is 11.6 Å². The molecule has 0 radical (unpaired) electrons. The average Bonchev–Trinajstić information content (AvgIpc) is 3.34. The highest BCUT2D eigenvalue weighted by molar-refractivity contribution is 5.94. The number of aromatic amines is 1. The van der Waals surface area contributed by atoms with Gasteiger partial charge in [-0.05, 0) is 24.1 Å². The van der Waals surface area contributed by atoms with Gasteiger partial charge < -0.3 is 25.1 Å². The molecule has 1 unspecified atom stereocenters. The number of ether oxygens (including phenoxy) is 3. The maximum atomic E-state index is 15.8. The standard InChI is InChI=1S/C25H26FN7O4.C2H4O2/c1-35-10-11-37-20-14-17(36-2)13-18(21(20)26)19(12-15-4-6-16(7-5-15)22(27)28)23-31-25(34)33(32-23)24-29-8-3-9-30-24;1-2(3)4/h3-9,13-14,19H,10-12H2,1-2H3,(H3,27,28)(H,31,32,34);1H3,(H,3,4). The van der Waals surface area contributed by atoms with Gasteiger partial charge in [0.2, 0.25) is 0 Å². The summed E-state index contributed by atoms with van der Waals surface area (Å²) in [6, 6.07) is 11.6. The van der Waals surface area contributed by atoms with Gasteiger partial charge in [-0.2, -0.15) is 0 Å². The topological polar surface area (TPSA) is 191 Å². The fourth-order valence-corrected chi connectivity index (χ4v) is 3.75. The summed E-state index contributed by atoms with van der Waals surface area (Å²) in [5.74, 6) is -1.64. The van der Waals surface area contributed by atoms with Crippen LogP contribution in [0.1, 0.15) is 35.4 Å². The van der Waals surface area contributed by atoms with Crippen LogP contribution in [0.4, 0.5) is 4.39 Å². The molecule has 0 spiro atoms. The molecule has 216 valence electrons. The van der Waals surface area contributed by atoms with Crippen molar-refractivity contribution < 1.29 is 28.5 Å². The summed E-state index contributed by atoms with van der Waals surface area (Å²) in [4.78, 5) is 32.6. The first kappa shape index (κ1) is 30.4. The predicted molar refractivity (Wildman–Crippen MR) is 146 cm³/mol. The number of carboxylic acids is 1. The third kappa shape index (κ3) is 8.19. The zero-order valence-corrected chi connectivity index (χ0v) is 22.6. The molecule has 41 heavy (non-hydrogen) atoms. The minimum Gasteiger partial charge on any atom is -0.497 e. The number of halogens is 1. The van der Waals surface area contributed by atoms with E-state index in [9.17, 15) is 4.79 Å². The molecule has 5 N–H and O–H groups in total. The molecule has 0 saturated carbocycles. The van der Waals surface area contributed by atoms with Crippen LogP contribution in [0.3, 0.4) is 0 Å². The number of carbonyl (C=O) groups is 1. The molecule has 13 nitrogen and oxygen atoms in total. The van der Waals surface area contributed by atoms with Crippen molar-refractivity contribution >= 4 is 11.8 Å². The van der Waals surface area contributed by atoms with Crippen LogP contribution in [0.2, 0.25) is 0 Å². The third-order valence-corrected chi connectivity index (χ3v) is 5.61. The first-order valence-electron chi connectivity index (χ1n) is 12.2. The third-order valence-electron chi connectivity index (χ3n) is 5.61. The van der Waals surface area contributed by atoms with Gasteiger partial charge in [0.25, 0.3) is 11.9 Å². The summed E-state index contributed by atoms with van der Waals surface area (Å²) in [5, 5.41) is 19.4. The molecular weight excluding hydrogens is 537 g/mol. The second-order valence-corrected chi connectivity index (χ2v) is 8.53. The van der Waals surface area contributed by atoms with E-state index in [0.717, 1.165) is 17.2 Å². The van der Waals surface area contributed by atoms with Crippen molar-refractivity contribution in [3.05, 3.63) is 93.7 Å². The molecule has 4 rings (SSSR count). The van der Waals surface area contributed by atoms with Crippen molar-refractivity contribution in [1.29, 1.82) is 5.41 Å². The number of aliphatic carboxylic acids is 1. The van der Waals surface area contributed by atoms with Crippen LogP contribution in [0.25, 0.3) is 5.95 Å². The van der Waals surface area contributed by atoms with Gasteiger partial charge in [-0.15, -0.1) is 9.78 Å². The van der Waals surface area contributed by atoms with Crippen LogP contribution in [-0.4, -0.2) is 69.1 Å². The summed E-state index contributed by atoms with van der Waals surface area (Å²) in [7, 11) is 2.99. The number of nitrogen functional groups attached to an aromatic ring is 1. The van der Waals surface area contributed by atoms with E-state index in [0.29, 0.717) is 11.3 Å². The quantitative estimate of drug-likeness (QED) is 0.119. The van der Waals surface area contributed by atoms with Crippen molar-refractivity contribution in [3.63, 3.8) is 0 Å². The van der Waals surface area contributed by atoms with E-state index < -0.39 is 23.4 Å². The molecule has 2 aromatic heterocycles. The lowest BCUT2D eigenvalue weighted by Crippen LogP contribution is -2.18. The Labute approximate surface area is 234 Å². The first-order valence-corrected chi connectivity index (χ1v) is 12.2. The summed E-state index contributed by atoms with van der Waals surface area (Å²) in [5.41, 5.74) is 6.56. The molecule has 0 fully saturated rings. The van der Waals surface area contributed by atoms with Gasteiger partial charge >= 0.3 is 5.69 Å². The molecule has 0 saturated heterocycles. The number of hydrogen-bond acceptors (Lipinski definition) is 9. The van der Waals surface area contributed by atoms with Crippen LogP contribution in [-0.2, 0) is 16.0 Å². The summed E-state index contributed by atoms with van der Waals surface area (Å²) < 4.78 is 32.9. The number of nitrogens with two attached hydrogens (primary N) is 1. The lowest BCUT2D eigenvalue weighted by molar-refractivity contribution is -0.134. The van der Waals surface area contributed by atoms with E-state index in [1.165, 1.54) is 32.7 Å². The predicted octanol–water partition coefficient (Wildman–Crippen LogP) is 2.27. The van der Waals surface area contributed by atoms with E-state index in [1.54, 1.807) is 36.4 Å². The van der Waals surface area contributed by atoms with Crippen LogP contribution in [0.5, 0.6) is 11.5 Å². The Balaban J connectivity index is 0.00000108. The Kier molecular flexibility index (Phi) is 10.6. The van der Waals surface area contributed by atoms with E-state index in [1.807, 2.05) is 0 Å². The monoisotopic (exact) mass is 567 g/mol. The molecule has 0 bridgehead atoms. The van der Waals surface area contributed by atoms with Gasteiger partial charge in [-0.25, -0.2) is 19.2 Å². The molecular formula is C27H30FN7O6. The van der Waals surface area contributed by atoms with E-state index in [-0.39, 0.29) is 48.6 Å². The number of nitrogens with one attached hydrogen (secondary N) is 2. The van der Waals surface area contributed by atoms with E-state index in [2.05, 4.69) is 20.1 Å². The highest BCUT2D eigenvalue weighted by Gasteiger charge is 2.27. The fourth-order valence-electron chi connectivity index (χ4n) is 3.75. The molecule has 14 heteroatoms. The molecule has 2 heterocycles. The molecule has 0 amide bonds. The zero-order chi connectivity index (χ0) is 29.9. The van der Waals surface area contributed by atoms with Gasteiger partial charge in [0.1, 0.15) is 24.0 Å². The van der Waals surface area contributed by atoms with Crippen molar-refractivity contribution in [2.75, 3.05) is 27.4 Å². The molecule has 1 atom stereocenters. The smallest absolute Gasteiger partial charge is 0.350 e. The fraction of sp³-hybridized carbons (Fsp3) is 0.259. The number of aromatic nitrogens is 5. The number of nitrogens with zero attached hydrogens (tertiary/aromatic N) is 4. The maximum Gasteiger partial charge on any atom is 0.350 e. The Morgan fingerprint density at radius 3 is 2.41 bits per heavy atom. The number of benzene rings is 2. The van der Waals surface area contributed by atoms with Crippen LogP contribution >= 0.6 is 0 Å². The molecule has 0 aliphatic heterocycles. The molecule has 0 aliphatic rings. The molecule has 2 aromatic carbocycles. The number of H-pyrrole nitrogens is 1. The van der Waals surface area contributed by atoms with Crippen molar-refractivity contribution in [2.24, 2.45) is 5.73 Å². The van der Waals surface area contributed by atoms with Gasteiger partial charge in [-0.3, -0.25) is 15.2 Å².